The average Bonchev–Trinajstić information content (AvgIpc) is 2.74. The normalized spacial score (nSPS) is 12.8. The van der Waals surface area contributed by atoms with Gasteiger partial charge in [0.25, 0.3) is 0 Å². The summed E-state index contributed by atoms with van der Waals surface area (Å²) in [5.41, 5.74) is 2.97. The molecular formula is C25H34ClN3O. The van der Waals surface area contributed by atoms with Crippen molar-refractivity contribution >= 4 is 39.1 Å². The first kappa shape index (κ1) is 22.6. The molecule has 0 saturated heterocycles. The summed E-state index contributed by atoms with van der Waals surface area (Å²) < 4.78 is 5.49. The first-order chi connectivity index (χ1) is 14.5. The zero-order valence-electron chi connectivity index (χ0n) is 18.8. The van der Waals surface area contributed by atoms with Crippen LogP contribution in [0.1, 0.15) is 40.5 Å². The summed E-state index contributed by atoms with van der Waals surface area (Å²) in [6.07, 6.45) is 2.30. The predicted octanol–water partition coefficient (Wildman–Crippen LogP) is 6.61. The summed E-state index contributed by atoms with van der Waals surface area (Å²) in [4.78, 5) is 7.34. The van der Waals surface area contributed by atoms with Crippen molar-refractivity contribution in [3.63, 3.8) is 0 Å². The highest BCUT2D eigenvalue weighted by atomic mass is 35.5. The summed E-state index contributed by atoms with van der Waals surface area (Å²) in [6.45, 7) is 12.4. The number of benzene rings is 2. The van der Waals surface area contributed by atoms with E-state index in [9.17, 15) is 0 Å². The van der Waals surface area contributed by atoms with Gasteiger partial charge in [-0.1, -0.05) is 39.3 Å². The zero-order valence-corrected chi connectivity index (χ0v) is 19.6. The van der Waals surface area contributed by atoms with Gasteiger partial charge in [-0.05, 0) is 74.8 Å². The number of ether oxygens (including phenoxy) is 1. The molecule has 0 fully saturated rings. The molecular weight excluding hydrogens is 394 g/mol. The van der Waals surface area contributed by atoms with Gasteiger partial charge in [0.15, 0.2) is 0 Å². The highest BCUT2D eigenvalue weighted by Crippen LogP contribution is 2.35. The van der Waals surface area contributed by atoms with E-state index in [0.29, 0.717) is 17.0 Å². The van der Waals surface area contributed by atoms with Crippen LogP contribution in [0.5, 0.6) is 5.75 Å². The van der Waals surface area contributed by atoms with E-state index in [-0.39, 0.29) is 0 Å². The molecule has 4 nitrogen and oxygen atoms in total. The average molecular weight is 428 g/mol. The van der Waals surface area contributed by atoms with Gasteiger partial charge in [-0.15, -0.1) is 0 Å². The summed E-state index contributed by atoms with van der Waals surface area (Å²) in [6, 6.07) is 12.4. The monoisotopic (exact) mass is 427 g/mol. The van der Waals surface area contributed by atoms with Crippen LogP contribution in [0.2, 0.25) is 5.02 Å². The quantitative estimate of drug-likeness (QED) is 0.369. The Bertz CT molecular complexity index is 985. The zero-order chi connectivity index (χ0) is 21.7. The number of anilines is 1. The van der Waals surface area contributed by atoms with Gasteiger partial charge in [-0.25, -0.2) is 4.98 Å². The number of fused-ring (bicyclic) bond motifs is 2. The van der Waals surface area contributed by atoms with Gasteiger partial charge in [0.2, 0.25) is 0 Å². The molecule has 0 aliphatic rings. The van der Waals surface area contributed by atoms with E-state index in [2.05, 4.69) is 50.0 Å². The van der Waals surface area contributed by atoms with Gasteiger partial charge in [0.1, 0.15) is 5.75 Å². The SMILES string of the molecule is CCN(CC)CCCC(Nc1c2ccc(Cl)cc2nc2ccc(OC)cc12)C(C)C. The minimum atomic E-state index is 0.372. The minimum Gasteiger partial charge on any atom is -0.497 e. The summed E-state index contributed by atoms with van der Waals surface area (Å²) in [5.74, 6) is 1.35. The highest BCUT2D eigenvalue weighted by molar-refractivity contribution is 6.31. The highest BCUT2D eigenvalue weighted by Gasteiger charge is 2.18. The molecule has 3 rings (SSSR count). The maximum Gasteiger partial charge on any atom is 0.119 e. The Labute approximate surface area is 185 Å². The van der Waals surface area contributed by atoms with Crippen LogP contribution in [0, 0.1) is 5.92 Å². The van der Waals surface area contributed by atoms with E-state index < -0.39 is 0 Å². The Morgan fingerprint density at radius 2 is 1.80 bits per heavy atom. The molecule has 30 heavy (non-hydrogen) atoms. The fraction of sp³-hybridized carbons (Fsp3) is 0.480. The van der Waals surface area contributed by atoms with Gasteiger partial charge >= 0.3 is 0 Å². The van der Waals surface area contributed by atoms with Crippen molar-refractivity contribution in [3.05, 3.63) is 41.4 Å². The molecule has 1 heterocycles. The number of pyridine rings is 1. The third-order valence-corrected chi connectivity index (χ3v) is 6.20. The van der Waals surface area contributed by atoms with Crippen molar-refractivity contribution < 1.29 is 4.74 Å². The molecule has 1 atom stereocenters. The lowest BCUT2D eigenvalue weighted by Gasteiger charge is -2.27. The van der Waals surface area contributed by atoms with Crippen LogP contribution in [0.3, 0.4) is 0 Å². The van der Waals surface area contributed by atoms with E-state index in [1.807, 2.05) is 24.3 Å². The molecule has 0 saturated carbocycles. The fourth-order valence-corrected chi connectivity index (χ4v) is 4.18. The van der Waals surface area contributed by atoms with Gasteiger partial charge in [-0.2, -0.15) is 0 Å². The Morgan fingerprint density at radius 3 is 2.47 bits per heavy atom. The summed E-state index contributed by atoms with van der Waals surface area (Å²) in [7, 11) is 1.70. The number of methoxy groups -OCH3 is 1. The molecule has 162 valence electrons. The van der Waals surface area contributed by atoms with Crippen molar-refractivity contribution in [3.8, 4) is 5.75 Å². The number of nitrogens with zero attached hydrogens (tertiary/aromatic N) is 2. The minimum absolute atomic E-state index is 0.372. The number of hydrogen-bond acceptors (Lipinski definition) is 4. The molecule has 0 radical (unpaired) electrons. The lowest BCUT2D eigenvalue weighted by Crippen LogP contribution is -2.29. The predicted molar refractivity (Wildman–Crippen MR) is 130 cm³/mol. The topological polar surface area (TPSA) is 37.4 Å². The van der Waals surface area contributed by atoms with Gasteiger partial charge < -0.3 is 15.0 Å². The number of aromatic nitrogens is 1. The maximum absolute atomic E-state index is 6.27. The molecule has 1 N–H and O–H groups in total. The summed E-state index contributed by atoms with van der Waals surface area (Å²) >= 11 is 6.27. The molecule has 5 heteroatoms. The molecule has 0 spiro atoms. The third kappa shape index (κ3) is 5.16. The Kier molecular flexibility index (Phi) is 7.79. The molecule has 2 aromatic carbocycles. The molecule has 3 aromatic rings. The maximum atomic E-state index is 6.27. The fourth-order valence-electron chi connectivity index (χ4n) is 4.01. The van der Waals surface area contributed by atoms with E-state index >= 15 is 0 Å². The van der Waals surface area contributed by atoms with E-state index in [0.717, 1.165) is 59.3 Å². The van der Waals surface area contributed by atoms with Crippen LogP contribution in [-0.4, -0.2) is 42.7 Å². The van der Waals surface area contributed by atoms with Crippen molar-refractivity contribution in [2.24, 2.45) is 5.92 Å². The smallest absolute Gasteiger partial charge is 0.119 e. The van der Waals surface area contributed by atoms with Crippen molar-refractivity contribution in [2.75, 3.05) is 32.1 Å². The molecule has 1 aromatic heterocycles. The van der Waals surface area contributed by atoms with Crippen LogP contribution in [-0.2, 0) is 0 Å². The number of rotatable bonds is 10. The van der Waals surface area contributed by atoms with Crippen LogP contribution in [0.25, 0.3) is 21.8 Å². The second-order valence-electron chi connectivity index (χ2n) is 8.20. The lowest BCUT2D eigenvalue weighted by atomic mass is 9.97. The first-order valence-corrected chi connectivity index (χ1v) is 11.4. The summed E-state index contributed by atoms with van der Waals surface area (Å²) in [5, 5.41) is 6.76. The van der Waals surface area contributed by atoms with Crippen LogP contribution < -0.4 is 10.1 Å². The van der Waals surface area contributed by atoms with E-state index in [4.69, 9.17) is 21.3 Å². The van der Waals surface area contributed by atoms with Crippen LogP contribution in [0.4, 0.5) is 5.69 Å². The molecule has 0 aliphatic carbocycles. The molecule has 0 aliphatic heterocycles. The number of hydrogen-bond donors (Lipinski definition) is 1. The standard InChI is InChI=1S/C25H34ClN3O/c1-6-29(7-2)14-8-9-22(17(3)4)28-25-20-12-10-18(26)15-24(20)27-23-13-11-19(30-5)16-21(23)25/h10-13,15-17,22H,6-9,14H2,1-5H3,(H,27,28). The van der Waals surface area contributed by atoms with E-state index in [1.165, 1.54) is 6.42 Å². The van der Waals surface area contributed by atoms with Gasteiger partial charge in [0.05, 0.1) is 23.8 Å². The largest absolute Gasteiger partial charge is 0.497 e. The van der Waals surface area contributed by atoms with Crippen LogP contribution >= 0.6 is 11.6 Å². The Hall–Kier alpha value is -2.04. The van der Waals surface area contributed by atoms with Crippen LogP contribution in [0.15, 0.2) is 36.4 Å². The van der Waals surface area contributed by atoms with Gasteiger partial charge in [-0.3, -0.25) is 0 Å². The molecule has 0 bridgehead atoms. The van der Waals surface area contributed by atoms with E-state index in [1.54, 1.807) is 7.11 Å². The third-order valence-electron chi connectivity index (χ3n) is 5.96. The second-order valence-corrected chi connectivity index (χ2v) is 8.63. The molecule has 0 amide bonds. The van der Waals surface area contributed by atoms with Crippen molar-refractivity contribution in [1.29, 1.82) is 0 Å². The van der Waals surface area contributed by atoms with Crippen molar-refractivity contribution in [1.82, 2.24) is 9.88 Å². The van der Waals surface area contributed by atoms with Crippen molar-refractivity contribution in [2.45, 2.75) is 46.6 Å². The number of nitrogens with one attached hydrogen (secondary N) is 1. The number of halogens is 1. The Morgan fingerprint density at radius 1 is 1.03 bits per heavy atom. The molecule has 1 unspecified atom stereocenters. The lowest BCUT2D eigenvalue weighted by molar-refractivity contribution is 0.290. The second kappa shape index (κ2) is 10.3. The first-order valence-electron chi connectivity index (χ1n) is 11.0. The Balaban J connectivity index is 1.99. The van der Waals surface area contributed by atoms with Gasteiger partial charge in [0, 0.05) is 21.8 Å².